The lowest BCUT2D eigenvalue weighted by Crippen LogP contribution is -2.08. The molecule has 0 aliphatic heterocycles. The van der Waals surface area contributed by atoms with Crippen molar-refractivity contribution >= 4 is 17.4 Å². The van der Waals surface area contributed by atoms with Crippen LogP contribution in [0.15, 0.2) is 12.1 Å². The monoisotopic (exact) mass is 324 g/mol. The highest BCUT2D eigenvalue weighted by molar-refractivity contribution is 6.30. The molecule has 0 saturated carbocycles. The van der Waals surface area contributed by atoms with Gasteiger partial charge in [-0.1, -0.05) is 39.3 Å². The van der Waals surface area contributed by atoms with Crippen LogP contribution in [0.1, 0.15) is 83.3 Å². The molecule has 0 aromatic heterocycles. The summed E-state index contributed by atoms with van der Waals surface area (Å²) < 4.78 is 5.96. The molecule has 22 heavy (non-hydrogen) atoms. The van der Waals surface area contributed by atoms with Crippen molar-refractivity contribution in [1.82, 2.24) is 0 Å². The van der Waals surface area contributed by atoms with Crippen molar-refractivity contribution in [1.29, 1.82) is 0 Å². The van der Waals surface area contributed by atoms with Crippen molar-refractivity contribution in [2.24, 2.45) is 0 Å². The minimum atomic E-state index is 0.313. The van der Waals surface area contributed by atoms with Gasteiger partial charge in [-0.3, -0.25) is 4.79 Å². The number of rotatable bonds is 9. The maximum absolute atomic E-state index is 11.7. The highest BCUT2D eigenvalue weighted by atomic mass is 35.5. The van der Waals surface area contributed by atoms with E-state index in [1.807, 2.05) is 26.0 Å². The molecule has 1 aromatic rings. The number of halogens is 1. The summed E-state index contributed by atoms with van der Waals surface area (Å²) in [6, 6.07) is 4.02. The van der Waals surface area contributed by atoms with Gasteiger partial charge in [-0.05, 0) is 54.9 Å². The SMILES string of the molecule is CCOc1c(C(C)C)cc(Cl)cc1C(CC)CCC(=O)CC. The average molecular weight is 325 g/mol. The molecule has 1 atom stereocenters. The fourth-order valence-electron chi connectivity index (χ4n) is 2.77. The molecule has 0 N–H and O–H groups in total. The Kier molecular flexibility index (Phi) is 7.95. The summed E-state index contributed by atoms with van der Waals surface area (Å²) in [5.74, 6) is 1.96. The van der Waals surface area contributed by atoms with E-state index in [1.165, 1.54) is 0 Å². The minimum Gasteiger partial charge on any atom is -0.493 e. The normalized spacial score (nSPS) is 12.5. The first-order valence-corrected chi connectivity index (χ1v) is 8.80. The molecule has 0 spiro atoms. The number of benzene rings is 1. The Morgan fingerprint density at radius 2 is 1.82 bits per heavy atom. The zero-order valence-corrected chi connectivity index (χ0v) is 15.3. The lowest BCUT2D eigenvalue weighted by molar-refractivity contribution is -0.118. The maximum Gasteiger partial charge on any atom is 0.132 e. The zero-order valence-electron chi connectivity index (χ0n) is 14.5. The first kappa shape index (κ1) is 19.0. The van der Waals surface area contributed by atoms with E-state index in [9.17, 15) is 4.79 Å². The molecule has 1 aromatic carbocycles. The lowest BCUT2D eigenvalue weighted by Gasteiger charge is -2.23. The predicted octanol–water partition coefficient (Wildman–Crippen LogP) is 6.12. The molecule has 0 heterocycles. The van der Waals surface area contributed by atoms with Crippen molar-refractivity contribution in [3.05, 3.63) is 28.3 Å². The van der Waals surface area contributed by atoms with E-state index in [0.717, 1.165) is 34.7 Å². The second-order valence-electron chi connectivity index (χ2n) is 6.04. The van der Waals surface area contributed by atoms with Crippen molar-refractivity contribution in [3.8, 4) is 5.75 Å². The Balaban J connectivity index is 3.20. The maximum atomic E-state index is 11.7. The topological polar surface area (TPSA) is 26.3 Å². The van der Waals surface area contributed by atoms with Crippen molar-refractivity contribution in [2.75, 3.05) is 6.61 Å². The third kappa shape index (κ3) is 5.01. The van der Waals surface area contributed by atoms with E-state index in [4.69, 9.17) is 16.3 Å². The number of hydrogen-bond donors (Lipinski definition) is 0. The van der Waals surface area contributed by atoms with Crippen LogP contribution in [-0.4, -0.2) is 12.4 Å². The van der Waals surface area contributed by atoms with Crippen LogP contribution >= 0.6 is 11.6 Å². The highest BCUT2D eigenvalue weighted by Crippen LogP contribution is 2.40. The first-order chi connectivity index (χ1) is 10.4. The molecule has 0 fully saturated rings. The number of carbonyl (C=O) groups excluding carboxylic acids is 1. The fraction of sp³-hybridized carbons (Fsp3) is 0.632. The molecule has 0 saturated heterocycles. The van der Waals surface area contributed by atoms with Crippen LogP contribution in [0, 0.1) is 0 Å². The Bertz CT molecular complexity index is 494. The van der Waals surface area contributed by atoms with Gasteiger partial charge in [0, 0.05) is 17.9 Å². The van der Waals surface area contributed by atoms with E-state index in [0.29, 0.717) is 37.1 Å². The lowest BCUT2D eigenvalue weighted by atomic mass is 9.87. The van der Waals surface area contributed by atoms with Gasteiger partial charge in [0.05, 0.1) is 6.61 Å². The van der Waals surface area contributed by atoms with Crippen LogP contribution in [0.5, 0.6) is 5.75 Å². The molecule has 1 unspecified atom stereocenters. The average Bonchev–Trinajstić information content (AvgIpc) is 2.49. The summed E-state index contributed by atoms with van der Waals surface area (Å²) in [5.41, 5.74) is 2.31. The second-order valence-corrected chi connectivity index (χ2v) is 6.47. The molecule has 0 radical (unpaired) electrons. The number of ketones is 1. The Morgan fingerprint density at radius 3 is 2.32 bits per heavy atom. The van der Waals surface area contributed by atoms with Gasteiger partial charge in [0.25, 0.3) is 0 Å². The van der Waals surface area contributed by atoms with Crippen LogP contribution in [0.2, 0.25) is 5.02 Å². The fourth-order valence-corrected chi connectivity index (χ4v) is 3.01. The molecule has 124 valence electrons. The van der Waals surface area contributed by atoms with Crippen molar-refractivity contribution in [3.63, 3.8) is 0 Å². The molecule has 0 bridgehead atoms. The molecular weight excluding hydrogens is 296 g/mol. The third-order valence-electron chi connectivity index (χ3n) is 4.12. The van der Waals surface area contributed by atoms with Crippen LogP contribution in [0.3, 0.4) is 0 Å². The van der Waals surface area contributed by atoms with Gasteiger partial charge in [0.1, 0.15) is 11.5 Å². The summed E-state index contributed by atoms with van der Waals surface area (Å²) >= 11 is 6.33. The van der Waals surface area contributed by atoms with Gasteiger partial charge < -0.3 is 4.74 Å². The van der Waals surface area contributed by atoms with E-state index in [1.54, 1.807) is 0 Å². The van der Waals surface area contributed by atoms with Crippen LogP contribution in [-0.2, 0) is 4.79 Å². The van der Waals surface area contributed by atoms with E-state index in [2.05, 4.69) is 20.8 Å². The predicted molar refractivity (Wildman–Crippen MR) is 94.3 cm³/mol. The van der Waals surface area contributed by atoms with Gasteiger partial charge in [0.15, 0.2) is 0 Å². The van der Waals surface area contributed by atoms with E-state index < -0.39 is 0 Å². The zero-order chi connectivity index (χ0) is 16.7. The smallest absolute Gasteiger partial charge is 0.132 e. The molecular formula is C19H29ClO2. The van der Waals surface area contributed by atoms with Gasteiger partial charge in [-0.15, -0.1) is 0 Å². The number of Topliss-reactive ketones (excluding diaryl/α,β-unsaturated/α-hetero) is 1. The molecule has 2 nitrogen and oxygen atoms in total. The summed E-state index contributed by atoms with van der Waals surface area (Å²) in [5, 5.41) is 0.752. The number of ether oxygens (including phenoxy) is 1. The molecule has 0 amide bonds. The van der Waals surface area contributed by atoms with Gasteiger partial charge >= 0.3 is 0 Å². The number of hydrogen-bond acceptors (Lipinski definition) is 2. The third-order valence-corrected chi connectivity index (χ3v) is 4.34. The van der Waals surface area contributed by atoms with Gasteiger partial charge in [-0.25, -0.2) is 0 Å². The van der Waals surface area contributed by atoms with Gasteiger partial charge in [0.2, 0.25) is 0 Å². The first-order valence-electron chi connectivity index (χ1n) is 8.42. The van der Waals surface area contributed by atoms with Crippen LogP contribution < -0.4 is 4.74 Å². The Labute approximate surface area is 140 Å². The standard InChI is InChI=1S/C19H29ClO2/c1-6-14(9-10-16(21)7-2)18-12-15(20)11-17(13(4)5)19(18)22-8-3/h11-14H,6-10H2,1-5H3. The Morgan fingerprint density at radius 1 is 1.18 bits per heavy atom. The molecule has 0 aliphatic carbocycles. The van der Waals surface area contributed by atoms with Crippen molar-refractivity contribution in [2.45, 2.75) is 72.1 Å². The largest absolute Gasteiger partial charge is 0.493 e. The molecule has 3 heteroatoms. The Hall–Kier alpha value is -1.02. The second kappa shape index (κ2) is 9.19. The summed E-state index contributed by atoms with van der Waals surface area (Å²) in [6.07, 6.45) is 3.09. The summed E-state index contributed by atoms with van der Waals surface area (Å²) in [7, 11) is 0. The highest BCUT2D eigenvalue weighted by Gasteiger charge is 2.21. The van der Waals surface area contributed by atoms with Crippen molar-refractivity contribution < 1.29 is 9.53 Å². The van der Waals surface area contributed by atoms with Gasteiger partial charge in [-0.2, -0.15) is 0 Å². The van der Waals surface area contributed by atoms with Crippen LogP contribution in [0.4, 0.5) is 0 Å². The minimum absolute atomic E-state index is 0.313. The molecule has 0 aliphatic rings. The summed E-state index contributed by atoms with van der Waals surface area (Å²) in [4.78, 5) is 11.7. The van der Waals surface area contributed by atoms with Crippen LogP contribution in [0.25, 0.3) is 0 Å². The van der Waals surface area contributed by atoms with E-state index in [-0.39, 0.29) is 0 Å². The summed E-state index contributed by atoms with van der Waals surface area (Å²) in [6.45, 7) is 11.0. The quantitative estimate of drug-likeness (QED) is 0.547. The molecule has 1 rings (SSSR count). The number of carbonyl (C=O) groups is 1. The van der Waals surface area contributed by atoms with E-state index >= 15 is 0 Å².